The SMILES string of the molecule is O=C(COc1ccc(F)cc1)OCCOc1cccc(Br)c1. The molecule has 0 aromatic heterocycles. The highest BCUT2D eigenvalue weighted by Crippen LogP contribution is 2.17. The number of carbonyl (C=O) groups excluding carboxylic acids is 1. The Labute approximate surface area is 135 Å². The zero-order valence-electron chi connectivity index (χ0n) is 11.6. The Kier molecular flexibility index (Phi) is 6.21. The second-order valence-corrected chi connectivity index (χ2v) is 5.18. The molecule has 6 heteroatoms. The fourth-order valence-electron chi connectivity index (χ4n) is 1.59. The molecule has 0 spiro atoms. The zero-order chi connectivity index (χ0) is 15.8. The molecule has 2 aromatic rings. The summed E-state index contributed by atoms with van der Waals surface area (Å²) in [4.78, 5) is 11.5. The van der Waals surface area contributed by atoms with Gasteiger partial charge in [-0.05, 0) is 42.5 Å². The van der Waals surface area contributed by atoms with Gasteiger partial charge in [0.1, 0.15) is 30.5 Å². The monoisotopic (exact) mass is 368 g/mol. The van der Waals surface area contributed by atoms with E-state index >= 15 is 0 Å². The summed E-state index contributed by atoms with van der Waals surface area (Å²) in [5.41, 5.74) is 0. The molecular formula is C16H14BrFO4. The summed E-state index contributed by atoms with van der Waals surface area (Å²) >= 11 is 3.34. The van der Waals surface area contributed by atoms with Crippen LogP contribution in [0.2, 0.25) is 0 Å². The number of esters is 1. The number of carbonyl (C=O) groups is 1. The molecule has 0 heterocycles. The highest BCUT2D eigenvalue weighted by Gasteiger charge is 2.04. The summed E-state index contributed by atoms with van der Waals surface area (Å²) in [7, 11) is 0. The minimum atomic E-state index is -0.512. The van der Waals surface area contributed by atoms with Crippen LogP contribution in [0, 0.1) is 5.82 Å². The molecule has 0 N–H and O–H groups in total. The van der Waals surface area contributed by atoms with Gasteiger partial charge in [0.2, 0.25) is 0 Å². The van der Waals surface area contributed by atoms with E-state index in [0.29, 0.717) is 11.5 Å². The van der Waals surface area contributed by atoms with Crippen molar-refractivity contribution >= 4 is 21.9 Å². The van der Waals surface area contributed by atoms with Crippen LogP contribution in [-0.2, 0) is 9.53 Å². The molecule has 0 aliphatic heterocycles. The van der Waals surface area contributed by atoms with Gasteiger partial charge in [0.15, 0.2) is 6.61 Å². The van der Waals surface area contributed by atoms with E-state index in [1.54, 1.807) is 0 Å². The molecule has 0 aliphatic rings. The smallest absolute Gasteiger partial charge is 0.344 e. The maximum atomic E-state index is 12.7. The molecule has 0 saturated carbocycles. The highest BCUT2D eigenvalue weighted by atomic mass is 79.9. The first kappa shape index (κ1) is 16.3. The van der Waals surface area contributed by atoms with Gasteiger partial charge in [-0.3, -0.25) is 0 Å². The fraction of sp³-hybridized carbons (Fsp3) is 0.188. The topological polar surface area (TPSA) is 44.8 Å². The van der Waals surface area contributed by atoms with Gasteiger partial charge in [-0.25, -0.2) is 9.18 Å². The van der Waals surface area contributed by atoms with Crippen molar-refractivity contribution in [2.45, 2.75) is 0 Å². The van der Waals surface area contributed by atoms with Crippen LogP contribution in [0.15, 0.2) is 53.0 Å². The molecule has 2 aromatic carbocycles. The first-order chi connectivity index (χ1) is 10.6. The van der Waals surface area contributed by atoms with Gasteiger partial charge in [-0.15, -0.1) is 0 Å². The second kappa shape index (κ2) is 8.38. The van der Waals surface area contributed by atoms with Crippen LogP contribution in [0.4, 0.5) is 4.39 Å². The van der Waals surface area contributed by atoms with Gasteiger partial charge >= 0.3 is 5.97 Å². The van der Waals surface area contributed by atoms with Crippen LogP contribution in [0.25, 0.3) is 0 Å². The Morgan fingerprint density at radius 1 is 1.00 bits per heavy atom. The minimum absolute atomic E-state index is 0.123. The number of hydrogen-bond donors (Lipinski definition) is 0. The first-order valence-electron chi connectivity index (χ1n) is 6.56. The normalized spacial score (nSPS) is 10.1. The number of benzene rings is 2. The highest BCUT2D eigenvalue weighted by molar-refractivity contribution is 9.10. The van der Waals surface area contributed by atoms with E-state index in [2.05, 4.69) is 15.9 Å². The lowest BCUT2D eigenvalue weighted by atomic mass is 10.3. The number of rotatable bonds is 7. The van der Waals surface area contributed by atoms with Gasteiger partial charge in [-0.1, -0.05) is 22.0 Å². The fourth-order valence-corrected chi connectivity index (χ4v) is 1.96. The molecule has 2 rings (SSSR count). The van der Waals surface area contributed by atoms with Gasteiger partial charge < -0.3 is 14.2 Å². The third-order valence-electron chi connectivity index (χ3n) is 2.58. The molecule has 0 radical (unpaired) electrons. The largest absolute Gasteiger partial charge is 0.490 e. The van der Waals surface area contributed by atoms with Crippen LogP contribution >= 0.6 is 15.9 Å². The van der Waals surface area contributed by atoms with E-state index in [9.17, 15) is 9.18 Å². The van der Waals surface area contributed by atoms with Crippen LogP contribution in [0.3, 0.4) is 0 Å². The van der Waals surface area contributed by atoms with E-state index in [0.717, 1.165) is 4.47 Å². The van der Waals surface area contributed by atoms with Crippen molar-refractivity contribution in [2.24, 2.45) is 0 Å². The molecule has 4 nitrogen and oxygen atoms in total. The van der Waals surface area contributed by atoms with E-state index in [1.807, 2.05) is 24.3 Å². The number of hydrogen-bond acceptors (Lipinski definition) is 4. The first-order valence-corrected chi connectivity index (χ1v) is 7.35. The van der Waals surface area contributed by atoms with Gasteiger partial charge in [0.25, 0.3) is 0 Å². The molecular weight excluding hydrogens is 355 g/mol. The van der Waals surface area contributed by atoms with Gasteiger partial charge in [0, 0.05) is 4.47 Å². The maximum Gasteiger partial charge on any atom is 0.344 e. The predicted octanol–water partition coefficient (Wildman–Crippen LogP) is 3.59. The lowest BCUT2D eigenvalue weighted by molar-refractivity contribution is -0.146. The summed E-state index contributed by atoms with van der Waals surface area (Å²) in [6, 6.07) is 12.8. The third kappa shape index (κ3) is 5.73. The number of halogens is 2. The van der Waals surface area contributed by atoms with E-state index < -0.39 is 5.97 Å². The Morgan fingerprint density at radius 3 is 2.50 bits per heavy atom. The van der Waals surface area contributed by atoms with Crippen LogP contribution in [0.5, 0.6) is 11.5 Å². The summed E-state index contributed by atoms with van der Waals surface area (Å²) < 4.78 is 29.2. The second-order valence-electron chi connectivity index (χ2n) is 4.27. The molecule has 22 heavy (non-hydrogen) atoms. The van der Waals surface area contributed by atoms with E-state index in [-0.39, 0.29) is 25.6 Å². The van der Waals surface area contributed by atoms with Crippen molar-refractivity contribution in [2.75, 3.05) is 19.8 Å². The van der Waals surface area contributed by atoms with Crippen molar-refractivity contribution in [3.8, 4) is 11.5 Å². The third-order valence-corrected chi connectivity index (χ3v) is 3.07. The van der Waals surface area contributed by atoms with Crippen LogP contribution in [-0.4, -0.2) is 25.8 Å². The molecule has 0 saturated heterocycles. The van der Waals surface area contributed by atoms with Crippen molar-refractivity contribution in [3.63, 3.8) is 0 Å². The van der Waals surface area contributed by atoms with Crippen LogP contribution < -0.4 is 9.47 Å². The molecule has 116 valence electrons. The van der Waals surface area contributed by atoms with Crippen molar-refractivity contribution < 1.29 is 23.4 Å². The summed E-state index contributed by atoms with van der Waals surface area (Å²) in [6.45, 7) is 0.138. The summed E-state index contributed by atoms with van der Waals surface area (Å²) in [5.74, 6) is 0.221. The number of ether oxygens (including phenoxy) is 3. The van der Waals surface area contributed by atoms with Crippen molar-refractivity contribution in [1.29, 1.82) is 0 Å². The Bertz CT molecular complexity index is 616. The predicted molar refractivity (Wildman–Crippen MR) is 82.5 cm³/mol. The summed E-state index contributed by atoms with van der Waals surface area (Å²) in [6.07, 6.45) is 0. The Hall–Kier alpha value is -2.08. The van der Waals surface area contributed by atoms with Crippen molar-refractivity contribution in [3.05, 3.63) is 58.8 Å². The quantitative estimate of drug-likeness (QED) is 0.553. The summed E-state index contributed by atoms with van der Waals surface area (Å²) in [5, 5.41) is 0. The molecule has 0 bridgehead atoms. The van der Waals surface area contributed by atoms with Gasteiger partial charge in [-0.2, -0.15) is 0 Å². The average Bonchev–Trinajstić information content (AvgIpc) is 2.51. The van der Waals surface area contributed by atoms with Crippen molar-refractivity contribution in [1.82, 2.24) is 0 Å². The molecule has 0 unspecified atom stereocenters. The lowest BCUT2D eigenvalue weighted by Crippen LogP contribution is -2.18. The molecule has 0 fully saturated rings. The molecule has 0 amide bonds. The average molecular weight is 369 g/mol. The Morgan fingerprint density at radius 2 is 1.77 bits per heavy atom. The minimum Gasteiger partial charge on any atom is -0.490 e. The lowest BCUT2D eigenvalue weighted by Gasteiger charge is -2.08. The maximum absolute atomic E-state index is 12.7. The van der Waals surface area contributed by atoms with E-state index in [4.69, 9.17) is 14.2 Å². The van der Waals surface area contributed by atoms with Gasteiger partial charge in [0.05, 0.1) is 0 Å². The zero-order valence-corrected chi connectivity index (χ0v) is 13.2. The Balaban J connectivity index is 1.62. The molecule has 0 aliphatic carbocycles. The van der Waals surface area contributed by atoms with E-state index in [1.165, 1.54) is 24.3 Å². The van der Waals surface area contributed by atoms with Crippen LogP contribution in [0.1, 0.15) is 0 Å². The standard InChI is InChI=1S/C16H14BrFO4/c17-12-2-1-3-15(10-12)20-8-9-21-16(19)11-22-14-6-4-13(18)5-7-14/h1-7,10H,8-9,11H2. The molecule has 0 atom stereocenters.